The molecule has 1 aromatic rings. The first-order valence-electron chi connectivity index (χ1n) is 5.49. The van der Waals surface area contributed by atoms with E-state index in [9.17, 15) is 4.79 Å². The van der Waals surface area contributed by atoms with E-state index >= 15 is 0 Å². The Morgan fingerprint density at radius 3 is 3.06 bits per heavy atom. The minimum absolute atomic E-state index is 0. The quantitative estimate of drug-likeness (QED) is 0.848. The molecule has 1 aliphatic heterocycles. The van der Waals surface area contributed by atoms with Gasteiger partial charge in [-0.3, -0.25) is 4.79 Å². The van der Waals surface area contributed by atoms with Crippen molar-refractivity contribution in [3.8, 4) is 5.75 Å². The van der Waals surface area contributed by atoms with Crippen LogP contribution in [0.3, 0.4) is 0 Å². The van der Waals surface area contributed by atoms with Gasteiger partial charge in [-0.05, 0) is 18.1 Å². The Kier molecular flexibility index (Phi) is 5.25. The molecule has 0 saturated heterocycles. The molecule has 3 N–H and O–H groups in total. The maximum Gasteiger partial charge on any atom is 0.217 e. The van der Waals surface area contributed by atoms with Gasteiger partial charge in [0.2, 0.25) is 5.91 Å². The van der Waals surface area contributed by atoms with Crippen LogP contribution in [0.5, 0.6) is 5.75 Å². The summed E-state index contributed by atoms with van der Waals surface area (Å²) < 4.78 is 5.57. The van der Waals surface area contributed by atoms with Crippen molar-refractivity contribution >= 4 is 18.3 Å². The lowest BCUT2D eigenvalue weighted by atomic mass is 10.1. The van der Waals surface area contributed by atoms with Gasteiger partial charge in [0.05, 0.1) is 0 Å². The van der Waals surface area contributed by atoms with Crippen LogP contribution in [0, 0.1) is 0 Å². The highest BCUT2D eigenvalue weighted by Gasteiger charge is 2.09. The lowest BCUT2D eigenvalue weighted by Crippen LogP contribution is -2.16. The van der Waals surface area contributed by atoms with E-state index in [2.05, 4.69) is 11.4 Å². The molecule has 1 heterocycles. The van der Waals surface area contributed by atoms with Crippen LogP contribution in [0.4, 0.5) is 0 Å². The molecule has 0 atom stereocenters. The Bertz CT molecular complexity index is 396. The van der Waals surface area contributed by atoms with Crippen molar-refractivity contribution in [3.05, 3.63) is 29.3 Å². The summed E-state index contributed by atoms with van der Waals surface area (Å²) in [7, 11) is 0. The third-order valence-electron chi connectivity index (χ3n) is 2.64. The SMILES string of the molecule is Cl.NC(=O)CCc1ccc2c(c1)CNCCO2. The number of halogens is 1. The average Bonchev–Trinajstić information content (AvgIpc) is 2.50. The third kappa shape index (κ3) is 3.91. The average molecular weight is 257 g/mol. The van der Waals surface area contributed by atoms with Crippen LogP contribution in [-0.2, 0) is 17.8 Å². The highest BCUT2D eigenvalue weighted by Crippen LogP contribution is 2.22. The van der Waals surface area contributed by atoms with Gasteiger partial charge in [-0.1, -0.05) is 12.1 Å². The Hall–Kier alpha value is -1.26. The van der Waals surface area contributed by atoms with Crippen molar-refractivity contribution in [2.45, 2.75) is 19.4 Å². The van der Waals surface area contributed by atoms with Gasteiger partial charge >= 0.3 is 0 Å². The fourth-order valence-corrected chi connectivity index (χ4v) is 1.79. The molecular formula is C12H17ClN2O2. The van der Waals surface area contributed by atoms with Gasteiger partial charge in [-0.25, -0.2) is 0 Å². The topological polar surface area (TPSA) is 64.4 Å². The molecule has 0 spiro atoms. The van der Waals surface area contributed by atoms with Gasteiger partial charge < -0.3 is 15.8 Å². The highest BCUT2D eigenvalue weighted by molar-refractivity contribution is 5.85. The van der Waals surface area contributed by atoms with E-state index < -0.39 is 0 Å². The molecule has 1 amide bonds. The third-order valence-corrected chi connectivity index (χ3v) is 2.64. The monoisotopic (exact) mass is 256 g/mol. The van der Waals surface area contributed by atoms with Gasteiger partial charge in [0.1, 0.15) is 12.4 Å². The van der Waals surface area contributed by atoms with Crippen LogP contribution in [-0.4, -0.2) is 19.1 Å². The first kappa shape index (κ1) is 13.8. The summed E-state index contributed by atoms with van der Waals surface area (Å²) in [5, 5.41) is 3.28. The summed E-state index contributed by atoms with van der Waals surface area (Å²) in [6.07, 6.45) is 1.09. The van der Waals surface area contributed by atoms with E-state index in [1.807, 2.05) is 12.1 Å². The molecule has 94 valence electrons. The number of nitrogens with two attached hydrogens (primary N) is 1. The van der Waals surface area contributed by atoms with Crippen molar-refractivity contribution < 1.29 is 9.53 Å². The van der Waals surface area contributed by atoms with Crippen molar-refractivity contribution in [1.82, 2.24) is 5.32 Å². The first-order valence-corrected chi connectivity index (χ1v) is 5.49. The normalized spacial score (nSPS) is 13.9. The molecule has 17 heavy (non-hydrogen) atoms. The largest absolute Gasteiger partial charge is 0.492 e. The Labute approximate surface area is 107 Å². The zero-order valence-corrected chi connectivity index (χ0v) is 10.4. The van der Waals surface area contributed by atoms with Crippen LogP contribution in [0.15, 0.2) is 18.2 Å². The van der Waals surface area contributed by atoms with Crippen LogP contribution in [0.1, 0.15) is 17.5 Å². The van der Waals surface area contributed by atoms with Crippen LogP contribution >= 0.6 is 12.4 Å². The Morgan fingerprint density at radius 1 is 1.47 bits per heavy atom. The maximum absolute atomic E-state index is 10.7. The van der Waals surface area contributed by atoms with E-state index in [0.717, 1.165) is 30.0 Å². The number of carbonyl (C=O) groups excluding carboxylic acids is 1. The number of carbonyl (C=O) groups is 1. The lowest BCUT2D eigenvalue weighted by Gasteiger charge is -2.08. The summed E-state index contributed by atoms with van der Waals surface area (Å²) in [5.74, 6) is 0.678. The predicted molar refractivity (Wildman–Crippen MR) is 68.4 cm³/mol. The number of ether oxygens (including phenoxy) is 1. The van der Waals surface area contributed by atoms with Crippen molar-refractivity contribution in [1.29, 1.82) is 0 Å². The molecular weight excluding hydrogens is 240 g/mol. The second-order valence-corrected chi connectivity index (χ2v) is 3.93. The second kappa shape index (κ2) is 6.47. The van der Waals surface area contributed by atoms with Crippen molar-refractivity contribution in [2.24, 2.45) is 5.73 Å². The van der Waals surface area contributed by atoms with E-state index in [1.54, 1.807) is 0 Å². The first-order chi connectivity index (χ1) is 7.75. The summed E-state index contributed by atoms with van der Waals surface area (Å²) in [6.45, 7) is 2.39. The van der Waals surface area contributed by atoms with Gasteiger partial charge in [0.15, 0.2) is 0 Å². The summed E-state index contributed by atoms with van der Waals surface area (Å²) >= 11 is 0. The number of fused-ring (bicyclic) bond motifs is 1. The van der Waals surface area contributed by atoms with Gasteiger partial charge in [0.25, 0.3) is 0 Å². The molecule has 0 bridgehead atoms. The number of aryl methyl sites for hydroxylation is 1. The number of nitrogens with one attached hydrogen (secondary N) is 1. The van der Waals surface area contributed by atoms with Crippen molar-refractivity contribution in [3.63, 3.8) is 0 Å². The summed E-state index contributed by atoms with van der Waals surface area (Å²) in [4.78, 5) is 10.7. The zero-order valence-electron chi connectivity index (χ0n) is 9.57. The smallest absolute Gasteiger partial charge is 0.217 e. The van der Waals surface area contributed by atoms with E-state index in [4.69, 9.17) is 10.5 Å². The molecule has 2 rings (SSSR count). The van der Waals surface area contributed by atoms with Gasteiger partial charge in [-0.2, -0.15) is 0 Å². The Morgan fingerprint density at radius 2 is 2.29 bits per heavy atom. The minimum Gasteiger partial charge on any atom is -0.492 e. The molecule has 5 heteroatoms. The minimum atomic E-state index is -0.260. The van der Waals surface area contributed by atoms with Crippen LogP contribution in [0.25, 0.3) is 0 Å². The number of primary amides is 1. The number of benzene rings is 1. The second-order valence-electron chi connectivity index (χ2n) is 3.93. The molecule has 0 fully saturated rings. The number of hydrogen-bond acceptors (Lipinski definition) is 3. The fourth-order valence-electron chi connectivity index (χ4n) is 1.79. The molecule has 0 aromatic heterocycles. The van der Waals surface area contributed by atoms with Crippen LogP contribution < -0.4 is 15.8 Å². The molecule has 1 aliphatic rings. The predicted octanol–water partition coefficient (Wildman–Crippen LogP) is 1.01. The van der Waals surface area contributed by atoms with E-state index in [1.165, 1.54) is 0 Å². The molecule has 0 saturated carbocycles. The molecule has 4 nitrogen and oxygen atoms in total. The summed E-state index contributed by atoms with van der Waals surface area (Å²) in [6, 6.07) is 6.04. The molecule has 0 radical (unpaired) electrons. The van der Waals surface area contributed by atoms with Crippen LogP contribution in [0.2, 0.25) is 0 Å². The molecule has 1 aromatic carbocycles. The molecule has 0 unspecified atom stereocenters. The number of amides is 1. The zero-order chi connectivity index (χ0) is 11.4. The van der Waals surface area contributed by atoms with E-state index in [0.29, 0.717) is 19.4 Å². The van der Waals surface area contributed by atoms with Crippen molar-refractivity contribution in [2.75, 3.05) is 13.2 Å². The fraction of sp³-hybridized carbons (Fsp3) is 0.417. The van der Waals surface area contributed by atoms with Gasteiger partial charge in [-0.15, -0.1) is 12.4 Å². The number of hydrogen-bond donors (Lipinski definition) is 2. The maximum atomic E-state index is 10.7. The molecule has 0 aliphatic carbocycles. The van der Waals surface area contributed by atoms with Gasteiger partial charge in [0, 0.05) is 25.1 Å². The summed E-state index contributed by atoms with van der Waals surface area (Å²) in [5.41, 5.74) is 7.41. The lowest BCUT2D eigenvalue weighted by molar-refractivity contribution is -0.117. The van der Waals surface area contributed by atoms with E-state index in [-0.39, 0.29) is 18.3 Å². The highest BCUT2D eigenvalue weighted by atomic mass is 35.5. The standard InChI is InChI=1S/C12H16N2O2.ClH/c13-12(15)4-2-9-1-3-11-10(7-9)8-14-5-6-16-11;/h1,3,7,14H,2,4-6,8H2,(H2,13,15);1H. The number of rotatable bonds is 3. The Balaban J connectivity index is 0.00000144.